The van der Waals surface area contributed by atoms with Crippen LogP contribution < -0.4 is 10.1 Å². The fraction of sp³-hybridized carbons (Fsp3) is 0.438. The van der Waals surface area contributed by atoms with E-state index in [0.717, 1.165) is 12.2 Å². The van der Waals surface area contributed by atoms with Crippen LogP contribution in [0.1, 0.15) is 31.9 Å². The van der Waals surface area contributed by atoms with Crippen LogP contribution >= 0.6 is 0 Å². The highest BCUT2D eigenvalue weighted by Gasteiger charge is 2.25. The van der Waals surface area contributed by atoms with Crippen molar-refractivity contribution in [2.45, 2.75) is 38.7 Å². The molecule has 0 bridgehead atoms. The van der Waals surface area contributed by atoms with E-state index in [1.54, 1.807) is 0 Å². The summed E-state index contributed by atoms with van der Waals surface area (Å²) in [5.41, 5.74) is 2.68. The van der Waals surface area contributed by atoms with E-state index in [1.165, 1.54) is 17.2 Å². The van der Waals surface area contributed by atoms with Gasteiger partial charge < -0.3 is 10.1 Å². The molecule has 0 fully saturated rings. The second-order valence-electron chi connectivity index (χ2n) is 5.97. The standard InChI is InChI=1S/C16H21NO2/c1-5-15(18)17-10-13-9-11-8-12(16(2,3)4)6-7-14(11)19-13/h5-8,13H,1,9-10H2,2-4H3,(H,17,18). The lowest BCUT2D eigenvalue weighted by Crippen LogP contribution is -2.33. The Morgan fingerprint density at radius 3 is 2.89 bits per heavy atom. The highest BCUT2D eigenvalue weighted by molar-refractivity contribution is 5.86. The molecule has 1 aliphatic heterocycles. The van der Waals surface area contributed by atoms with Crippen molar-refractivity contribution >= 4 is 5.91 Å². The molecule has 1 aliphatic rings. The predicted octanol–water partition coefficient (Wildman–Crippen LogP) is 2.59. The molecular weight excluding hydrogens is 238 g/mol. The van der Waals surface area contributed by atoms with E-state index in [9.17, 15) is 4.79 Å². The summed E-state index contributed by atoms with van der Waals surface area (Å²) < 4.78 is 5.82. The summed E-state index contributed by atoms with van der Waals surface area (Å²) in [6.45, 7) is 10.6. The Balaban J connectivity index is 2.04. The van der Waals surface area contributed by atoms with Crippen molar-refractivity contribution in [3.05, 3.63) is 42.0 Å². The van der Waals surface area contributed by atoms with Crippen LogP contribution in [0.4, 0.5) is 0 Å². The van der Waals surface area contributed by atoms with Crippen molar-refractivity contribution in [2.75, 3.05) is 6.54 Å². The Bertz CT molecular complexity index is 500. The summed E-state index contributed by atoms with van der Waals surface area (Å²) in [5.74, 6) is 0.779. The zero-order chi connectivity index (χ0) is 14.0. The monoisotopic (exact) mass is 259 g/mol. The molecule has 3 heteroatoms. The van der Waals surface area contributed by atoms with Gasteiger partial charge in [0.05, 0.1) is 6.54 Å². The van der Waals surface area contributed by atoms with E-state index in [4.69, 9.17) is 4.74 Å². The number of amides is 1. The number of nitrogens with one attached hydrogen (secondary N) is 1. The molecular formula is C16H21NO2. The summed E-state index contributed by atoms with van der Waals surface area (Å²) in [6, 6.07) is 6.36. The third kappa shape index (κ3) is 3.16. The lowest BCUT2D eigenvalue weighted by molar-refractivity contribution is -0.116. The molecule has 1 unspecified atom stereocenters. The van der Waals surface area contributed by atoms with Gasteiger partial charge in [-0.05, 0) is 28.7 Å². The first-order valence-corrected chi connectivity index (χ1v) is 6.60. The number of carbonyl (C=O) groups excluding carboxylic acids is 1. The summed E-state index contributed by atoms with van der Waals surface area (Å²) in [6.07, 6.45) is 2.14. The van der Waals surface area contributed by atoms with Crippen molar-refractivity contribution in [3.8, 4) is 5.75 Å². The Kier molecular flexibility index (Phi) is 3.65. The van der Waals surface area contributed by atoms with Crippen LogP contribution in [0.2, 0.25) is 0 Å². The topological polar surface area (TPSA) is 38.3 Å². The zero-order valence-corrected chi connectivity index (χ0v) is 11.8. The normalized spacial score (nSPS) is 17.5. The van der Waals surface area contributed by atoms with Crippen molar-refractivity contribution in [1.82, 2.24) is 5.32 Å². The van der Waals surface area contributed by atoms with E-state index >= 15 is 0 Å². The third-order valence-electron chi connectivity index (χ3n) is 3.36. The van der Waals surface area contributed by atoms with Gasteiger partial charge in [-0.25, -0.2) is 0 Å². The fourth-order valence-electron chi connectivity index (χ4n) is 2.19. The summed E-state index contributed by atoms with van der Waals surface area (Å²) in [7, 11) is 0. The van der Waals surface area contributed by atoms with E-state index in [1.807, 2.05) is 6.07 Å². The number of rotatable bonds is 3. The van der Waals surface area contributed by atoms with Gasteiger partial charge in [0.2, 0.25) is 5.91 Å². The van der Waals surface area contributed by atoms with Gasteiger partial charge in [0.15, 0.2) is 0 Å². The number of carbonyl (C=O) groups is 1. The van der Waals surface area contributed by atoms with Gasteiger partial charge in [-0.15, -0.1) is 0 Å². The quantitative estimate of drug-likeness (QED) is 0.847. The second-order valence-corrected chi connectivity index (χ2v) is 5.97. The van der Waals surface area contributed by atoms with Crippen LogP contribution in [0.5, 0.6) is 5.75 Å². The summed E-state index contributed by atoms with van der Waals surface area (Å²) >= 11 is 0. The first-order chi connectivity index (χ1) is 8.90. The lowest BCUT2D eigenvalue weighted by atomic mass is 9.86. The maximum absolute atomic E-state index is 11.1. The number of benzene rings is 1. The van der Waals surface area contributed by atoms with Gasteiger partial charge in [-0.2, -0.15) is 0 Å². The minimum Gasteiger partial charge on any atom is -0.488 e. The van der Waals surface area contributed by atoms with Crippen LogP contribution in [-0.4, -0.2) is 18.6 Å². The first kappa shape index (κ1) is 13.7. The van der Waals surface area contributed by atoms with Crippen LogP contribution in [0, 0.1) is 0 Å². The molecule has 1 amide bonds. The molecule has 1 atom stereocenters. The fourth-order valence-corrected chi connectivity index (χ4v) is 2.19. The molecule has 1 aromatic rings. The van der Waals surface area contributed by atoms with Crippen molar-refractivity contribution in [3.63, 3.8) is 0 Å². The minimum atomic E-state index is -0.157. The van der Waals surface area contributed by atoms with Crippen molar-refractivity contribution < 1.29 is 9.53 Å². The van der Waals surface area contributed by atoms with Crippen LogP contribution in [0.15, 0.2) is 30.9 Å². The van der Waals surface area contributed by atoms with Gasteiger partial charge in [0, 0.05) is 6.42 Å². The van der Waals surface area contributed by atoms with E-state index < -0.39 is 0 Å². The van der Waals surface area contributed by atoms with Crippen LogP contribution in [0.25, 0.3) is 0 Å². The second kappa shape index (κ2) is 5.08. The van der Waals surface area contributed by atoms with Crippen LogP contribution in [-0.2, 0) is 16.6 Å². The van der Waals surface area contributed by atoms with Gasteiger partial charge in [-0.1, -0.05) is 39.5 Å². The summed E-state index contributed by atoms with van der Waals surface area (Å²) in [4.78, 5) is 11.1. The molecule has 0 saturated carbocycles. The van der Waals surface area contributed by atoms with E-state index in [0.29, 0.717) is 6.54 Å². The SMILES string of the molecule is C=CC(=O)NCC1Cc2cc(C(C)(C)C)ccc2O1. The smallest absolute Gasteiger partial charge is 0.243 e. The van der Waals surface area contributed by atoms with Gasteiger partial charge >= 0.3 is 0 Å². The largest absolute Gasteiger partial charge is 0.488 e. The maximum atomic E-state index is 11.1. The predicted molar refractivity (Wildman–Crippen MR) is 76.5 cm³/mol. The maximum Gasteiger partial charge on any atom is 0.243 e. The highest BCUT2D eigenvalue weighted by atomic mass is 16.5. The van der Waals surface area contributed by atoms with Gasteiger partial charge in [-0.3, -0.25) is 4.79 Å². The molecule has 1 N–H and O–H groups in total. The number of ether oxygens (including phenoxy) is 1. The molecule has 3 nitrogen and oxygen atoms in total. The third-order valence-corrected chi connectivity index (χ3v) is 3.36. The van der Waals surface area contributed by atoms with E-state index in [-0.39, 0.29) is 17.4 Å². The molecule has 2 rings (SSSR count). The Hall–Kier alpha value is -1.77. The number of fused-ring (bicyclic) bond motifs is 1. The first-order valence-electron chi connectivity index (χ1n) is 6.60. The Labute approximate surface area is 114 Å². The molecule has 0 aliphatic carbocycles. The summed E-state index contributed by atoms with van der Waals surface area (Å²) in [5, 5.41) is 2.77. The van der Waals surface area contributed by atoms with Gasteiger partial charge in [0.1, 0.15) is 11.9 Å². The highest BCUT2D eigenvalue weighted by Crippen LogP contribution is 2.33. The number of hydrogen-bond donors (Lipinski definition) is 1. The number of hydrogen-bond acceptors (Lipinski definition) is 2. The lowest BCUT2D eigenvalue weighted by Gasteiger charge is -2.19. The minimum absolute atomic E-state index is 0.0223. The molecule has 1 heterocycles. The average Bonchev–Trinajstić information content (AvgIpc) is 2.76. The zero-order valence-electron chi connectivity index (χ0n) is 11.8. The average molecular weight is 259 g/mol. The molecule has 19 heavy (non-hydrogen) atoms. The molecule has 0 radical (unpaired) electrons. The van der Waals surface area contributed by atoms with E-state index in [2.05, 4.69) is 44.8 Å². The molecule has 0 saturated heterocycles. The van der Waals surface area contributed by atoms with Crippen LogP contribution in [0.3, 0.4) is 0 Å². The van der Waals surface area contributed by atoms with Crippen molar-refractivity contribution in [2.24, 2.45) is 0 Å². The molecule has 0 spiro atoms. The Morgan fingerprint density at radius 1 is 1.53 bits per heavy atom. The van der Waals surface area contributed by atoms with Crippen molar-refractivity contribution in [1.29, 1.82) is 0 Å². The molecule has 102 valence electrons. The van der Waals surface area contributed by atoms with Gasteiger partial charge in [0.25, 0.3) is 0 Å². The Morgan fingerprint density at radius 2 is 2.26 bits per heavy atom. The molecule has 0 aromatic heterocycles. The molecule has 1 aromatic carbocycles.